The molecular formula is C19H27BO4. The molecule has 1 fully saturated rings. The van der Waals surface area contributed by atoms with Gasteiger partial charge in [0.25, 0.3) is 0 Å². The molecule has 5 heteroatoms. The van der Waals surface area contributed by atoms with Crippen molar-refractivity contribution in [3.05, 3.63) is 23.3 Å². The summed E-state index contributed by atoms with van der Waals surface area (Å²) in [7, 11) is -0.526. The molecule has 0 unspecified atom stereocenters. The van der Waals surface area contributed by atoms with Crippen molar-refractivity contribution < 1.29 is 18.8 Å². The summed E-state index contributed by atoms with van der Waals surface area (Å²) in [6.45, 7) is 14.8. The van der Waals surface area contributed by atoms with Gasteiger partial charge < -0.3 is 14.0 Å². The highest BCUT2D eigenvalue weighted by molar-refractivity contribution is 6.63. The highest BCUT2D eigenvalue weighted by atomic mass is 16.7. The first-order valence-electron chi connectivity index (χ1n) is 8.68. The van der Waals surface area contributed by atoms with Crippen LogP contribution in [-0.4, -0.2) is 30.7 Å². The van der Waals surface area contributed by atoms with Crippen molar-refractivity contribution in [3.63, 3.8) is 0 Å². The second-order valence-electron chi connectivity index (χ2n) is 8.48. The molecule has 0 spiro atoms. The molecule has 2 aliphatic rings. The Morgan fingerprint density at radius 2 is 1.67 bits per heavy atom. The normalized spacial score (nSPS) is 23.0. The van der Waals surface area contributed by atoms with Gasteiger partial charge in [-0.1, -0.05) is 20.8 Å². The molecule has 1 saturated heterocycles. The molecule has 0 amide bonds. The number of ketones is 1. The zero-order valence-corrected chi connectivity index (χ0v) is 15.8. The number of fused-ring (bicyclic) bond motifs is 1. The van der Waals surface area contributed by atoms with E-state index in [0.29, 0.717) is 18.6 Å². The molecule has 1 aromatic rings. The van der Waals surface area contributed by atoms with Gasteiger partial charge in [-0.2, -0.15) is 0 Å². The summed E-state index contributed by atoms with van der Waals surface area (Å²) in [4.78, 5) is 12.3. The molecule has 4 nitrogen and oxygen atoms in total. The van der Waals surface area contributed by atoms with E-state index in [4.69, 9.17) is 14.0 Å². The average Bonchev–Trinajstić information content (AvgIpc) is 2.90. The third-order valence-corrected chi connectivity index (χ3v) is 5.57. The highest BCUT2D eigenvalue weighted by Crippen LogP contribution is 2.41. The van der Waals surface area contributed by atoms with Crippen LogP contribution in [0.3, 0.4) is 0 Å². The van der Waals surface area contributed by atoms with Gasteiger partial charge in [0.15, 0.2) is 5.78 Å². The van der Waals surface area contributed by atoms with Crippen LogP contribution in [0.15, 0.2) is 12.1 Å². The number of hydrogen-bond donors (Lipinski definition) is 0. The van der Waals surface area contributed by atoms with Crippen molar-refractivity contribution in [3.8, 4) is 5.75 Å². The molecule has 0 atom stereocenters. The number of Topliss-reactive ketones (excluding diaryl/α,β-unsaturated/α-hetero) is 1. The van der Waals surface area contributed by atoms with Crippen LogP contribution in [0.2, 0.25) is 0 Å². The van der Waals surface area contributed by atoms with Crippen LogP contribution in [0.1, 0.15) is 70.8 Å². The van der Waals surface area contributed by atoms with Crippen molar-refractivity contribution in [2.24, 2.45) is 0 Å². The van der Waals surface area contributed by atoms with Crippen molar-refractivity contribution in [1.29, 1.82) is 0 Å². The number of carbonyl (C=O) groups is 1. The van der Waals surface area contributed by atoms with E-state index in [-0.39, 0.29) is 11.2 Å². The maximum atomic E-state index is 12.3. The van der Waals surface area contributed by atoms with Gasteiger partial charge in [-0.15, -0.1) is 0 Å². The molecule has 130 valence electrons. The van der Waals surface area contributed by atoms with E-state index in [1.807, 2.05) is 46.8 Å². The Morgan fingerprint density at radius 1 is 1.08 bits per heavy atom. The number of rotatable bonds is 3. The van der Waals surface area contributed by atoms with E-state index in [9.17, 15) is 4.79 Å². The zero-order chi connectivity index (χ0) is 17.9. The van der Waals surface area contributed by atoms with Gasteiger partial charge in [0.05, 0.1) is 17.8 Å². The van der Waals surface area contributed by atoms with Gasteiger partial charge in [-0.25, -0.2) is 0 Å². The minimum absolute atomic E-state index is 0.123. The molecule has 0 N–H and O–H groups in total. The van der Waals surface area contributed by atoms with Crippen molar-refractivity contribution in [1.82, 2.24) is 0 Å². The van der Waals surface area contributed by atoms with Crippen LogP contribution in [0, 0.1) is 0 Å². The molecule has 3 rings (SSSR count). The molecule has 0 aromatic heterocycles. The minimum atomic E-state index is -0.526. The van der Waals surface area contributed by atoms with Gasteiger partial charge in [-0.05, 0) is 39.8 Å². The number of benzene rings is 1. The Bertz CT molecular complexity index is 675. The molecule has 0 aliphatic carbocycles. The van der Waals surface area contributed by atoms with E-state index >= 15 is 0 Å². The van der Waals surface area contributed by atoms with Crippen LogP contribution in [0.4, 0.5) is 0 Å². The summed E-state index contributed by atoms with van der Waals surface area (Å²) in [5, 5.41) is 0. The standard InChI is InChI=1S/C19H27BO4/c1-8-15(21)12-9-13-16(22-11-17(13,2)3)14(10-12)20-23-18(4,5)19(6,7)24-20/h9-10H,8,11H2,1-7H3. The molecule has 0 saturated carbocycles. The maximum absolute atomic E-state index is 12.3. The van der Waals surface area contributed by atoms with Crippen LogP contribution < -0.4 is 10.2 Å². The number of ether oxygens (including phenoxy) is 1. The Morgan fingerprint density at radius 3 is 2.21 bits per heavy atom. The quantitative estimate of drug-likeness (QED) is 0.630. The summed E-state index contributed by atoms with van der Waals surface area (Å²) in [5.74, 6) is 0.935. The topological polar surface area (TPSA) is 44.8 Å². The summed E-state index contributed by atoms with van der Waals surface area (Å²) in [5.41, 5.74) is 1.62. The lowest BCUT2D eigenvalue weighted by Gasteiger charge is -2.32. The fourth-order valence-electron chi connectivity index (χ4n) is 3.16. The largest absolute Gasteiger partial charge is 0.498 e. The summed E-state index contributed by atoms with van der Waals surface area (Å²) >= 11 is 0. The molecule has 24 heavy (non-hydrogen) atoms. The number of carbonyl (C=O) groups excluding carboxylic acids is 1. The monoisotopic (exact) mass is 330 g/mol. The summed E-state index contributed by atoms with van der Waals surface area (Å²) < 4.78 is 18.4. The van der Waals surface area contributed by atoms with E-state index in [0.717, 1.165) is 16.8 Å². The van der Waals surface area contributed by atoms with E-state index < -0.39 is 18.3 Å². The van der Waals surface area contributed by atoms with Gasteiger partial charge in [-0.3, -0.25) is 4.79 Å². The highest BCUT2D eigenvalue weighted by Gasteiger charge is 2.53. The summed E-state index contributed by atoms with van der Waals surface area (Å²) in [6, 6.07) is 3.86. The van der Waals surface area contributed by atoms with Crippen molar-refractivity contribution in [2.45, 2.75) is 71.5 Å². The third-order valence-electron chi connectivity index (χ3n) is 5.57. The fraction of sp³-hybridized carbons (Fsp3) is 0.632. The second-order valence-corrected chi connectivity index (χ2v) is 8.48. The predicted molar refractivity (Wildman–Crippen MR) is 95.3 cm³/mol. The first-order chi connectivity index (χ1) is 11.0. The molecule has 1 aromatic carbocycles. The lowest BCUT2D eigenvalue weighted by molar-refractivity contribution is 0.00578. The Balaban J connectivity index is 2.12. The zero-order valence-electron chi connectivity index (χ0n) is 15.8. The maximum Gasteiger partial charge on any atom is 0.498 e. The fourth-order valence-corrected chi connectivity index (χ4v) is 3.16. The van der Waals surface area contributed by atoms with Crippen LogP contribution in [0.25, 0.3) is 0 Å². The van der Waals surface area contributed by atoms with E-state index in [1.165, 1.54) is 0 Å². The van der Waals surface area contributed by atoms with Gasteiger partial charge in [0, 0.05) is 28.4 Å². The molecular weight excluding hydrogens is 303 g/mol. The van der Waals surface area contributed by atoms with Gasteiger partial charge in [0.2, 0.25) is 0 Å². The molecule has 2 heterocycles. The first kappa shape index (κ1) is 17.5. The lowest BCUT2D eigenvalue weighted by Crippen LogP contribution is -2.41. The molecule has 0 radical (unpaired) electrons. The van der Waals surface area contributed by atoms with E-state index in [2.05, 4.69) is 13.8 Å². The lowest BCUT2D eigenvalue weighted by atomic mass is 9.73. The van der Waals surface area contributed by atoms with E-state index in [1.54, 1.807) is 0 Å². The predicted octanol–water partition coefficient (Wildman–Crippen LogP) is 3.25. The third kappa shape index (κ3) is 2.58. The van der Waals surface area contributed by atoms with Gasteiger partial charge >= 0.3 is 7.12 Å². The molecule has 2 aliphatic heterocycles. The van der Waals surface area contributed by atoms with Crippen molar-refractivity contribution >= 4 is 18.4 Å². The van der Waals surface area contributed by atoms with Crippen LogP contribution in [-0.2, 0) is 14.7 Å². The van der Waals surface area contributed by atoms with Crippen molar-refractivity contribution in [2.75, 3.05) is 6.61 Å². The molecule has 0 bridgehead atoms. The first-order valence-corrected chi connectivity index (χ1v) is 8.68. The Labute approximate surface area is 145 Å². The number of hydrogen-bond acceptors (Lipinski definition) is 4. The van der Waals surface area contributed by atoms with Crippen LogP contribution >= 0.6 is 0 Å². The van der Waals surface area contributed by atoms with Crippen LogP contribution in [0.5, 0.6) is 5.75 Å². The average molecular weight is 330 g/mol. The smallest absolute Gasteiger partial charge is 0.493 e. The SMILES string of the molecule is CCC(=O)c1cc(B2OC(C)(C)C(C)(C)O2)c2c(c1)C(C)(C)CO2. The Kier molecular flexibility index (Phi) is 3.89. The van der Waals surface area contributed by atoms with Gasteiger partial charge in [0.1, 0.15) is 5.75 Å². The minimum Gasteiger partial charge on any atom is -0.493 e. The Hall–Kier alpha value is -1.33. The second kappa shape index (κ2) is 5.33. The summed E-state index contributed by atoms with van der Waals surface area (Å²) in [6.07, 6.45) is 0.475.